The Morgan fingerprint density at radius 2 is 1.91 bits per heavy atom. The summed E-state index contributed by atoms with van der Waals surface area (Å²) in [6.45, 7) is 3.37. The maximum absolute atomic E-state index is 13.3. The number of hydrogen-bond donors (Lipinski definition) is 2. The molecule has 0 radical (unpaired) electrons. The molecule has 0 spiro atoms. The summed E-state index contributed by atoms with van der Waals surface area (Å²) in [6.07, 6.45) is 5.27. The molecule has 1 atom stereocenters. The number of morpholine rings is 1. The van der Waals surface area contributed by atoms with Crippen LogP contribution in [0.2, 0.25) is 0 Å². The first-order valence-corrected chi connectivity index (χ1v) is 8.73. The molecule has 2 aliphatic heterocycles. The molecular weight excluding hydrogens is 304 g/mol. The molecule has 0 aromatic carbocycles. The van der Waals surface area contributed by atoms with Gasteiger partial charge in [-0.05, 0) is 12.8 Å². The molecule has 2 saturated heterocycles. The summed E-state index contributed by atoms with van der Waals surface area (Å²) in [5, 5.41) is 5.58. The molecule has 2 heterocycles. The Balaban J connectivity index is 1.59. The number of carbonyl (C=O) groups excluding carboxylic acids is 1. The van der Waals surface area contributed by atoms with Gasteiger partial charge >= 0.3 is 0 Å². The van der Waals surface area contributed by atoms with E-state index < -0.39 is 24.9 Å². The van der Waals surface area contributed by atoms with Gasteiger partial charge in [0.15, 0.2) is 0 Å². The van der Waals surface area contributed by atoms with Crippen LogP contribution < -0.4 is 10.6 Å². The molecule has 1 unspecified atom stereocenters. The Labute approximate surface area is 136 Å². The van der Waals surface area contributed by atoms with Crippen molar-refractivity contribution in [2.45, 2.75) is 56.0 Å². The largest absolute Gasteiger partial charge is 0.379 e. The van der Waals surface area contributed by atoms with E-state index in [2.05, 4.69) is 15.5 Å². The van der Waals surface area contributed by atoms with Crippen LogP contribution in [-0.2, 0) is 9.53 Å². The molecule has 5 nitrogen and oxygen atoms in total. The molecule has 2 N–H and O–H groups in total. The SMILES string of the molecule is O=C(NCC1(N2CCOCC2)CCCCC1)C1CC(F)(F)CN1. The predicted molar refractivity (Wildman–Crippen MR) is 82.6 cm³/mol. The van der Waals surface area contributed by atoms with Gasteiger partial charge in [-0.3, -0.25) is 15.0 Å². The molecule has 7 heteroatoms. The summed E-state index contributed by atoms with van der Waals surface area (Å²) < 4.78 is 31.9. The number of carbonyl (C=O) groups is 1. The van der Waals surface area contributed by atoms with Gasteiger partial charge in [-0.25, -0.2) is 8.78 Å². The van der Waals surface area contributed by atoms with E-state index in [0.717, 1.165) is 52.0 Å². The van der Waals surface area contributed by atoms with E-state index >= 15 is 0 Å². The maximum Gasteiger partial charge on any atom is 0.262 e. The minimum atomic E-state index is -2.77. The van der Waals surface area contributed by atoms with Gasteiger partial charge < -0.3 is 10.1 Å². The van der Waals surface area contributed by atoms with Crippen LogP contribution >= 0.6 is 0 Å². The van der Waals surface area contributed by atoms with Crippen LogP contribution in [0.15, 0.2) is 0 Å². The van der Waals surface area contributed by atoms with E-state index in [0.29, 0.717) is 6.54 Å². The van der Waals surface area contributed by atoms with Gasteiger partial charge in [-0.15, -0.1) is 0 Å². The Morgan fingerprint density at radius 3 is 2.52 bits per heavy atom. The van der Waals surface area contributed by atoms with E-state index in [1.807, 2.05) is 0 Å². The molecule has 3 rings (SSSR count). The van der Waals surface area contributed by atoms with Crippen LogP contribution in [0.4, 0.5) is 8.78 Å². The van der Waals surface area contributed by atoms with Gasteiger partial charge in [0.2, 0.25) is 5.91 Å². The predicted octanol–water partition coefficient (Wildman–Crippen LogP) is 1.13. The van der Waals surface area contributed by atoms with E-state index in [-0.39, 0.29) is 11.4 Å². The van der Waals surface area contributed by atoms with Gasteiger partial charge in [0.25, 0.3) is 5.92 Å². The Kier molecular flexibility index (Phi) is 5.18. The van der Waals surface area contributed by atoms with Crippen molar-refractivity contribution in [3.8, 4) is 0 Å². The highest BCUT2D eigenvalue weighted by Gasteiger charge is 2.44. The highest BCUT2D eigenvalue weighted by molar-refractivity contribution is 5.82. The molecule has 1 aliphatic carbocycles. The smallest absolute Gasteiger partial charge is 0.262 e. The van der Waals surface area contributed by atoms with Gasteiger partial charge in [0, 0.05) is 31.6 Å². The van der Waals surface area contributed by atoms with E-state index in [1.165, 1.54) is 6.42 Å². The molecule has 0 aromatic rings. The molecule has 3 aliphatic rings. The van der Waals surface area contributed by atoms with Gasteiger partial charge in [-0.1, -0.05) is 19.3 Å². The standard InChI is InChI=1S/C16H27F2N3O2/c17-16(18)10-13(19-12-16)14(22)20-11-15(4-2-1-3-5-15)21-6-8-23-9-7-21/h13,19H,1-12H2,(H,20,22). The highest BCUT2D eigenvalue weighted by Crippen LogP contribution is 2.34. The van der Waals surface area contributed by atoms with Crippen molar-refractivity contribution in [2.24, 2.45) is 0 Å². The molecule has 132 valence electrons. The molecule has 0 aromatic heterocycles. The molecule has 3 fully saturated rings. The Bertz CT molecular complexity index is 422. The second kappa shape index (κ2) is 6.99. The summed E-state index contributed by atoms with van der Waals surface area (Å²) in [5.41, 5.74) is -0.0290. The van der Waals surface area contributed by atoms with E-state index in [9.17, 15) is 13.6 Å². The molecule has 0 bridgehead atoms. The number of nitrogens with one attached hydrogen (secondary N) is 2. The normalized spacial score (nSPS) is 31.0. The lowest BCUT2D eigenvalue weighted by Gasteiger charge is -2.48. The van der Waals surface area contributed by atoms with Crippen molar-refractivity contribution in [1.29, 1.82) is 0 Å². The van der Waals surface area contributed by atoms with Crippen molar-refractivity contribution < 1.29 is 18.3 Å². The molecule has 1 saturated carbocycles. The van der Waals surface area contributed by atoms with Crippen LogP contribution in [0.5, 0.6) is 0 Å². The zero-order valence-corrected chi connectivity index (χ0v) is 13.6. The number of amides is 1. The van der Waals surface area contributed by atoms with Crippen LogP contribution in [0.3, 0.4) is 0 Å². The first-order chi connectivity index (χ1) is 11.0. The fraction of sp³-hybridized carbons (Fsp3) is 0.938. The molecule has 1 amide bonds. The summed E-state index contributed by atoms with van der Waals surface area (Å²) in [6, 6.07) is -0.768. The lowest BCUT2D eigenvalue weighted by atomic mass is 9.79. The second-order valence-electron chi connectivity index (χ2n) is 7.10. The zero-order valence-electron chi connectivity index (χ0n) is 13.6. The minimum absolute atomic E-state index is 0.0290. The number of hydrogen-bond acceptors (Lipinski definition) is 4. The van der Waals surface area contributed by atoms with Crippen molar-refractivity contribution in [2.75, 3.05) is 39.4 Å². The monoisotopic (exact) mass is 331 g/mol. The molecule has 23 heavy (non-hydrogen) atoms. The van der Waals surface area contributed by atoms with E-state index in [1.54, 1.807) is 0 Å². The van der Waals surface area contributed by atoms with Gasteiger partial charge in [0.05, 0.1) is 25.8 Å². The third-order valence-corrected chi connectivity index (χ3v) is 5.48. The van der Waals surface area contributed by atoms with Crippen LogP contribution in [-0.4, -0.2) is 67.7 Å². The number of rotatable bonds is 4. The summed E-state index contributed by atoms with van der Waals surface area (Å²) in [5.74, 6) is -3.06. The second-order valence-corrected chi connectivity index (χ2v) is 7.10. The van der Waals surface area contributed by atoms with Crippen molar-refractivity contribution in [3.05, 3.63) is 0 Å². The van der Waals surface area contributed by atoms with E-state index in [4.69, 9.17) is 4.74 Å². The van der Waals surface area contributed by atoms with Crippen LogP contribution in [0.1, 0.15) is 38.5 Å². The average Bonchev–Trinajstić information content (AvgIpc) is 2.94. The third-order valence-electron chi connectivity index (χ3n) is 5.48. The number of ether oxygens (including phenoxy) is 1. The maximum atomic E-state index is 13.3. The number of alkyl halides is 2. The number of nitrogens with zero attached hydrogens (tertiary/aromatic N) is 1. The Hall–Kier alpha value is -0.790. The fourth-order valence-electron chi connectivity index (χ4n) is 4.13. The summed E-state index contributed by atoms with van der Waals surface area (Å²) in [7, 11) is 0. The van der Waals surface area contributed by atoms with Crippen molar-refractivity contribution in [1.82, 2.24) is 15.5 Å². The first-order valence-electron chi connectivity index (χ1n) is 8.73. The zero-order chi connectivity index (χ0) is 16.3. The van der Waals surface area contributed by atoms with Crippen molar-refractivity contribution >= 4 is 5.91 Å². The summed E-state index contributed by atoms with van der Waals surface area (Å²) in [4.78, 5) is 14.7. The first kappa shape index (κ1) is 17.0. The summed E-state index contributed by atoms with van der Waals surface area (Å²) >= 11 is 0. The minimum Gasteiger partial charge on any atom is -0.379 e. The quantitative estimate of drug-likeness (QED) is 0.811. The lowest BCUT2D eigenvalue weighted by molar-refractivity contribution is -0.124. The average molecular weight is 331 g/mol. The topological polar surface area (TPSA) is 53.6 Å². The van der Waals surface area contributed by atoms with Crippen molar-refractivity contribution in [3.63, 3.8) is 0 Å². The third kappa shape index (κ3) is 4.00. The van der Waals surface area contributed by atoms with Crippen LogP contribution in [0.25, 0.3) is 0 Å². The highest BCUT2D eigenvalue weighted by atomic mass is 19.3. The fourth-order valence-corrected chi connectivity index (χ4v) is 4.13. The lowest BCUT2D eigenvalue weighted by Crippen LogP contribution is -2.60. The number of halogens is 2. The van der Waals surface area contributed by atoms with Crippen LogP contribution in [0, 0.1) is 0 Å². The van der Waals surface area contributed by atoms with Gasteiger partial charge in [0.1, 0.15) is 0 Å². The molecular formula is C16H27F2N3O2. The Morgan fingerprint density at radius 1 is 1.22 bits per heavy atom. The van der Waals surface area contributed by atoms with Gasteiger partial charge in [-0.2, -0.15) is 0 Å².